The molecule has 0 aromatic heterocycles. The van der Waals surface area contributed by atoms with Crippen molar-refractivity contribution in [3.05, 3.63) is 71.8 Å². The highest BCUT2D eigenvalue weighted by Crippen LogP contribution is 2.05. The van der Waals surface area contributed by atoms with Gasteiger partial charge >= 0.3 is 11.9 Å². The van der Waals surface area contributed by atoms with E-state index in [1.807, 2.05) is 60.7 Å². The van der Waals surface area contributed by atoms with Crippen LogP contribution in [0.5, 0.6) is 0 Å². The molecule has 0 unspecified atom stereocenters. The molecule has 0 aliphatic carbocycles. The molecule has 0 heterocycles. The van der Waals surface area contributed by atoms with Crippen molar-refractivity contribution >= 4 is 17.8 Å². The number of nitrogens with two attached hydrogens (primary N) is 2. The van der Waals surface area contributed by atoms with Gasteiger partial charge in [0.25, 0.3) is 0 Å². The summed E-state index contributed by atoms with van der Waals surface area (Å²) in [6, 6.07) is 16.9. The second kappa shape index (κ2) is 15.6. The maximum Gasteiger partial charge on any atom is 0.326 e. The van der Waals surface area contributed by atoms with Crippen LogP contribution in [0.2, 0.25) is 0 Å². The number of benzene rings is 2. The number of carbonyl (C=O) groups excluding carboxylic acids is 1. The number of unbranched alkanes of at least 4 members (excludes halogenated alkanes) is 2. The lowest BCUT2D eigenvalue weighted by atomic mass is 10.1. The lowest BCUT2D eigenvalue weighted by molar-refractivity contribution is -0.141. The number of hydrogen-bond donors (Lipinski definition) is 5. The summed E-state index contributed by atoms with van der Waals surface area (Å²) in [6.07, 6.45) is 3.54. The molecule has 0 radical (unpaired) electrons. The molecular weight excluding hydrogens is 410 g/mol. The number of carboxylic acids is 2. The van der Waals surface area contributed by atoms with Crippen LogP contribution in [0, 0.1) is 0 Å². The monoisotopic (exact) mass is 443 g/mol. The highest BCUT2D eigenvalue weighted by molar-refractivity contribution is 5.83. The van der Waals surface area contributed by atoms with Crippen molar-refractivity contribution < 1.29 is 24.6 Å². The minimum Gasteiger partial charge on any atom is -0.480 e. The third kappa shape index (κ3) is 11.8. The van der Waals surface area contributed by atoms with E-state index in [1.165, 1.54) is 0 Å². The van der Waals surface area contributed by atoms with Gasteiger partial charge in [0.1, 0.15) is 12.1 Å². The van der Waals surface area contributed by atoms with E-state index >= 15 is 0 Å². The Morgan fingerprint density at radius 3 is 1.78 bits per heavy atom. The Bertz CT molecular complexity index is 815. The molecule has 0 fully saturated rings. The standard InChI is InChI=1S/C15H22N2O3.C9H11NO2/c16-10-6-2-5-9-14(18)17-13(15(19)20)11-12-7-3-1-4-8-12;10-8(9(11)12)6-7-4-2-1-3-5-7/h1,3-4,7-8,13H,2,5-6,9-11,16H2,(H,17,18)(H,19,20);1-5,8H,6,10H2,(H,11,12)/t13-;8-/m01/s1. The summed E-state index contributed by atoms with van der Waals surface area (Å²) in [5.41, 5.74) is 12.6. The Kier molecular flexibility index (Phi) is 13.0. The third-order valence-electron chi connectivity index (χ3n) is 4.64. The van der Waals surface area contributed by atoms with Gasteiger partial charge in [-0.15, -0.1) is 0 Å². The van der Waals surface area contributed by atoms with E-state index in [9.17, 15) is 14.4 Å². The molecule has 0 aliphatic heterocycles. The summed E-state index contributed by atoms with van der Waals surface area (Å²) in [7, 11) is 0. The van der Waals surface area contributed by atoms with Crippen molar-refractivity contribution in [3.8, 4) is 0 Å². The summed E-state index contributed by atoms with van der Waals surface area (Å²) in [5.74, 6) is -2.19. The molecule has 0 bridgehead atoms. The van der Waals surface area contributed by atoms with Crippen LogP contribution in [0.3, 0.4) is 0 Å². The molecule has 0 saturated carbocycles. The predicted octanol–water partition coefficient (Wildman–Crippen LogP) is 1.96. The summed E-state index contributed by atoms with van der Waals surface area (Å²) in [5, 5.41) is 20.3. The average Bonchev–Trinajstić information content (AvgIpc) is 2.78. The molecule has 8 nitrogen and oxygen atoms in total. The Morgan fingerprint density at radius 2 is 1.31 bits per heavy atom. The van der Waals surface area contributed by atoms with Crippen LogP contribution in [0.25, 0.3) is 0 Å². The molecule has 2 aromatic carbocycles. The van der Waals surface area contributed by atoms with E-state index in [-0.39, 0.29) is 5.91 Å². The summed E-state index contributed by atoms with van der Waals surface area (Å²) in [4.78, 5) is 33.3. The molecule has 2 atom stereocenters. The zero-order chi connectivity index (χ0) is 23.8. The van der Waals surface area contributed by atoms with E-state index in [1.54, 1.807) is 0 Å². The number of rotatable bonds is 12. The van der Waals surface area contributed by atoms with Gasteiger partial charge in [-0.05, 0) is 36.9 Å². The van der Waals surface area contributed by atoms with Crippen LogP contribution in [-0.2, 0) is 27.2 Å². The Labute approximate surface area is 188 Å². The number of amides is 1. The molecule has 174 valence electrons. The van der Waals surface area contributed by atoms with Crippen LogP contribution in [0.4, 0.5) is 0 Å². The molecule has 0 aliphatic rings. The van der Waals surface area contributed by atoms with E-state index in [0.29, 0.717) is 25.8 Å². The van der Waals surface area contributed by atoms with Gasteiger partial charge in [0.2, 0.25) is 5.91 Å². The van der Waals surface area contributed by atoms with E-state index in [2.05, 4.69) is 5.32 Å². The molecular formula is C24H33N3O5. The van der Waals surface area contributed by atoms with Gasteiger partial charge in [-0.3, -0.25) is 9.59 Å². The quantitative estimate of drug-likeness (QED) is 0.314. The first kappa shape index (κ1) is 26.8. The van der Waals surface area contributed by atoms with Crippen LogP contribution >= 0.6 is 0 Å². The summed E-state index contributed by atoms with van der Waals surface area (Å²) in [6.45, 7) is 0.618. The number of aliphatic carboxylic acids is 2. The largest absolute Gasteiger partial charge is 0.480 e. The first-order valence-corrected chi connectivity index (χ1v) is 10.6. The van der Waals surface area contributed by atoms with Crippen LogP contribution in [-0.4, -0.2) is 46.7 Å². The number of nitrogens with one attached hydrogen (secondary N) is 1. The SMILES string of the molecule is NCCCCCC(=O)N[C@@H](Cc1ccccc1)C(=O)O.N[C@H](Cc1ccccc1)C(=O)O. The molecule has 0 saturated heterocycles. The van der Waals surface area contributed by atoms with Gasteiger partial charge in [0.15, 0.2) is 0 Å². The van der Waals surface area contributed by atoms with Crippen molar-refractivity contribution in [2.45, 2.75) is 50.6 Å². The van der Waals surface area contributed by atoms with Gasteiger partial charge in [-0.2, -0.15) is 0 Å². The minimum atomic E-state index is -1.01. The average molecular weight is 444 g/mol. The smallest absolute Gasteiger partial charge is 0.326 e. The maximum atomic E-state index is 11.7. The number of carboxylic acid groups (broad SMARTS) is 2. The van der Waals surface area contributed by atoms with Gasteiger partial charge in [-0.25, -0.2) is 4.79 Å². The van der Waals surface area contributed by atoms with Crippen molar-refractivity contribution in [1.29, 1.82) is 0 Å². The molecule has 32 heavy (non-hydrogen) atoms. The third-order valence-corrected chi connectivity index (χ3v) is 4.64. The molecule has 2 rings (SSSR count). The fourth-order valence-corrected chi connectivity index (χ4v) is 2.88. The van der Waals surface area contributed by atoms with Crippen molar-refractivity contribution in [1.82, 2.24) is 5.32 Å². The Morgan fingerprint density at radius 1 is 0.781 bits per heavy atom. The summed E-state index contributed by atoms with van der Waals surface area (Å²) < 4.78 is 0. The second-order valence-electron chi connectivity index (χ2n) is 7.38. The zero-order valence-electron chi connectivity index (χ0n) is 18.2. The fraction of sp³-hybridized carbons (Fsp3) is 0.375. The zero-order valence-corrected chi connectivity index (χ0v) is 18.2. The molecule has 8 heteroatoms. The number of hydrogen-bond acceptors (Lipinski definition) is 5. The minimum absolute atomic E-state index is 0.217. The first-order chi connectivity index (χ1) is 15.3. The van der Waals surface area contributed by atoms with Crippen molar-refractivity contribution in [2.75, 3.05) is 6.54 Å². The molecule has 2 aromatic rings. The van der Waals surface area contributed by atoms with Crippen molar-refractivity contribution in [2.24, 2.45) is 11.5 Å². The van der Waals surface area contributed by atoms with Gasteiger partial charge < -0.3 is 27.0 Å². The van der Waals surface area contributed by atoms with E-state index in [4.69, 9.17) is 21.7 Å². The highest BCUT2D eigenvalue weighted by Gasteiger charge is 2.19. The lowest BCUT2D eigenvalue weighted by Crippen LogP contribution is -2.42. The van der Waals surface area contributed by atoms with Gasteiger partial charge in [0, 0.05) is 12.8 Å². The topological polar surface area (TPSA) is 156 Å². The predicted molar refractivity (Wildman–Crippen MR) is 123 cm³/mol. The Balaban J connectivity index is 0.000000363. The molecule has 7 N–H and O–H groups in total. The van der Waals surface area contributed by atoms with Gasteiger partial charge in [0.05, 0.1) is 0 Å². The normalized spacial score (nSPS) is 12.1. The number of carbonyl (C=O) groups is 3. The van der Waals surface area contributed by atoms with Crippen molar-refractivity contribution in [3.63, 3.8) is 0 Å². The lowest BCUT2D eigenvalue weighted by Gasteiger charge is -2.14. The van der Waals surface area contributed by atoms with E-state index < -0.39 is 24.0 Å². The Hall–Kier alpha value is -3.23. The van der Waals surface area contributed by atoms with Crippen LogP contribution in [0.1, 0.15) is 36.8 Å². The van der Waals surface area contributed by atoms with Crippen LogP contribution < -0.4 is 16.8 Å². The summed E-state index contributed by atoms with van der Waals surface area (Å²) >= 11 is 0. The highest BCUT2D eigenvalue weighted by atomic mass is 16.4. The molecule has 1 amide bonds. The van der Waals surface area contributed by atoms with E-state index in [0.717, 1.165) is 30.4 Å². The molecule has 0 spiro atoms. The van der Waals surface area contributed by atoms with Crippen LogP contribution in [0.15, 0.2) is 60.7 Å². The fourth-order valence-electron chi connectivity index (χ4n) is 2.88. The van der Waals surface area contributed by atoms with Gasteiger partial charge in [-0.1, -0.05) is 67.1 Å². The maximum absolute atomic E-state index is 11.7. The first-order valence-electron chi connectivity index (χ1n) is 10.6. The second-order valence-corrected chi connectivity index (χ2v) is 7.38.